The molecule has 3 aromatic carbocycles. The minimum absolute atomic E-state index is 0.0940. The van der Waals surface area contributed by atoms with Crippen molar-refractivity contribution in [2.24, 2.45) is 0 Å². The standard InChI is InChI=1S/C40H50O5/c1-4-6-8-10-11-12-13-15-31-43-37-27-29-38(30-28-37)45-40(42)36-25-21-34(22-26-36)18-17-33-19-23-35(24-20-33)39(41)44-32(3)16-14-9-7-5-2/h19-30,32H,4-16,31H2,1-3H3/t32-/m1/s1. The number of carbonyl (C=O) groups excluding carboxylic acids is 2. The molecule has 0 aliphatic carbocycles. The highest BCUT2D eigenvalue weighted by Crippen LogP contribution is 2.20. The van der Waals surface area contributed by atoms with Crippen molar-refractivity contribution in [3.8, 4) is 23.3 Å². The van der Waals surface area contributed by atoms with Crippen LogP contribution >= 0.6 is 0 Å². The van der Waals surface area contributed by atoms with Gasteiger partial charge in [-0.3, -0.25) is 0 Å². The lowest BCUT2D eigenvalue weighted by Gasteiger charge is -2.13. The monoisotopic (exact) mass is 610 g/mol. The first kappa shape index (κ1) is 35.4. The van der Waals surface area contributed by atoms with Crippen molar-refractivity contribution in [2.45, 2.75) is 110 Å². The Morgan fingerprint density at radius 3 is 1.60 bits per heavy atom. The van der Waals surface area contributed by atoms with Crippen molar-refractivity contribution in [3.05, 3.63) is 95.1 Å². The zero-order chi connectivity index (χ0) is 32.1. The number of unbranched alkanes of at least 4 members (excludes halogenated alkanes) is 10. The number of esters is 2. The number of hydrogen-bond acceptors (Lipinski definition) is 5. The molecule has 0 fully saturated rings. The van der Waals surface area contributed by atoms with Gasteiger partial charge >= 0.3 is 11.9 Å². The van der Waals surface area contributed by atoms with Crippen LogP contribution in [-0.4, -0.2) is 24.6 Å². The normalized spacial score (nSPS) is 11.3. The number of ether oxygens (including phenoxy) is 3. The predicted molar refractivity (Wildman–Crippen MR) is 182 cm³/mol. The topological polar surface area (TPSA) is 61.8 Å². The first-order chi connectivity index (χ1) is 22.0. The van der Waals surface area contributed by atoms with Gasteiger partial charge in [0.25, 0.3) is 0 Å². The van der Waals surface area contributed by atoms with Gasteiger partial charge in [0.1, 0.15) is 11.5 Å². The van der Waals surface area contributed by atoms with Crippen molar-refractivity contribution in [1.82, 2.24) is 0 Å². The van der Waals surface area contributed by atoms with Crippen LogP contribution in [0.15, 0.2) is 72.8 Å². The van der Waals surface area contributed by atoms with Crippen LogP contribution in [0.5, 0.6) is 11.5 Å². The highest BCUT2D eigenvalue weighted by molar-refractivity contribution is 5.91. The van der Waals surface area contributed by atoms with Crippen LogP contribution in [0, 0.1) is 11.8 Å². The number of carbonyl (C=O) groups is 2. The summed E-state index contributed by atoms with van der Waals surface area (Å²) >= 11 is 0. The van der Waals surface area contributed by atoms with E-state index < -0.39 is 5.97 Å². The Balaban J connectivity index is 1.39. The summed E-state index contributed by atoms with van der Waals surface area (Å²) < 4.78 is 17.0. The van der Waals surface area contributed by atoms with Crippen molar-refractivity contribution < 1.29 is 23.8 Å². The molecule has 3 aromatic rings. The van der Waals surface area contributed by atoms with Gasteiger partial charge in [-0.1, -0.05) is 89.9 Å². The SMILES string of the molecule is CCCCCCCCCCOc1ccc(OC(=O)c2ccc(C#Cc3ccc(C(=O)O[C@H](C)CCCCCC)cc3)cc2)cc1. The van der Waals surface area contributed by atoms with E-state index in [1.54, 1.807) is 48.5 Å². The highest BCUT2D eigenvalue weighted by Gasteiger charge is 2.12. The predicted octanol–water partition coefficient (Wildman–Crippen LogP) is 10.3. The molecular formula is C40H50O5. The quantitative estimate of drug-likeness (QED) is 0.0585. The molecule has 1 atom stereocenters. The van der Waals surface area contributed by atoms with E-state index >= 15 is 0 Å². The van der Waals surface area contributed by atoms with E-state index in [4.69, 9.17) is 14.2 Å². The summed E-state index contributed by atoms with van der Waals surface area (Å²) in [5, 5.41) is 0. The first-order valence-electron chi connectivity index (χ1n) is 16.9. The van der Waals surface area contributed by atoms with Crippen molar-refractivity contribution >= 4 is 11.9 Å². The van der Waals surface area contributed by atoms with Gasteiger partial charge in [-0.05, 0) is 99.0 Å². The molecule has 0 unspecified atom stereocenters. The molecular weight excluding hydrogens is 560 g/mol. The van der Waals surface area contributed by atoms with Crippen LogP contribution in [0.2, 0.25) is 0 Å². The zero-order valence-electron chi connectivity index (χ0n) is 27.4. The fourth-order valence-electron chi connectivity index (χ4n) is 4.89. The summed E-state index contributed by atoms with van der Waals surface area (Å²) in [6.07, 6.45) is 15.6. The van der Waals surface area contributed by atoms with Crippen LogP contribution in [0.1, 0.15) is 136 Å². The van der Waals surface area contributed by atoms with Crippen LogP contribution in [0.4, 0.5) is 0 Å². The summed E-state index contributed by atoms with van der Waals surface area (Å²) in [5.74, 6) is 6.72. The van der Waals surface area contributed by atoms with Crippen LogP contribution in [0.3, 0.4) is 0 Å². The molecule has 45 heavy (non-hydrogen) atoms. The Bertz CT molecular complexity index is 1330. The Labute approximate surface area is 270 Å². The fourth-order valence-corrected chi connectivity index (χ4v) is 4.89. The molecule has 0 aliphatic rings. The fraction of sp³-hybridized carbons (Fsp3) is 0.450. The number of hydrogen-bond donors (Lipinski definition) is 0. The maximum absolute atomic E-state index is 12.6. The highest BCUT2D eigenvalue weighted by atomic mass is 16.5. The van der Waals surface area contributed by atoms with E-state index in [2.05, 4.69) is 25.7 Å². The van der Waals surface area contributed by atoms with E-state index in [0.717, 1.165) is 36.1 Å². The summed E-state index contributed by atoms with van der Waals surface area (Å²) in [5.41, 5.74) is 2.51. The van der Waals surface area contributed by atoms with Gasteiger partial charge in [0.15, 0.2) is 0 Å². The molecule has 0 amide bonds. The third kappa shape index (κ3) is 14.1. The number of rotatable bonds is 19. The minimum Gasteiger partial charge on any atom is -0.494 e. The lowest BCUT2D eigenvalue weighted by molar-refractivity contribution is 0.0319. The maximum Gasteiger partial charge on any atom is 0.343 e. The molecule has 0 aliphatic heterocycles. The average Bonchev–Trinajstić information content (AvgIpc) is 3.06. The molecule has 0 heterocycles. The van der Waals surface area contributed by atoms with Gasteiger partial charge in [-0.15, -0.1) is 0 Å². The second-order valence-electron chi connectivity index (χ2n) is 11.7. The lowest BCUT2D eigenvalue weighted by Crippen LogP contribution is -2.15. The van der Waals surface area contributed by atoms with Crippen LogP contribution < -0.4 is 9.47 Å². The molecule has 5 heteroatoms. The van der Waals surface area contributed by atoms with E-state index in [1.807, 2.05) is 31.2 Å². The van der Waals surface area contributed by atoms with Crippen molar-refractivity contribution in [3.63, 3.8) is 0 Å². The molecule has 240 valence electrons. The molecule has 0 aromatic heterocycles. The summed E-state index contributed by atoms with van der Waals surface area (Å²) in [7, 11) is 0. The smallest absolute Gasteiger partial charge is 0.343 e. The zero-order valence-corrected chi connectivity index (χ0v) is 27.4. The van der Waals surface area contributed by atoms with Gasteiger partial charge in [-0.25, -0.2) is 9.59 Å². The average molecular weight is 611 g/mol. The lowest BCUT2D eigenvalue weighted by atomic mass is 10.1. The Hall–Kier alpha value is -4.04. The van der Waals surface area contributed by atoms with Crippen LogP contribution in [-0.2, 0) is 4.74 Å². The van der Waals surface area contributed by atoms with E-state index in [0.29, 0.717) is 23.5 Å². The van der Waals surface area contributed by atoms with E-state index in [-0.39, 0.29) is 12.1 Å². The first-order valence-corrected chi connectivity index (χ1v) is 16.9. The molecule has 0 N–H and O–H groups in total. The van der Waals surface area contributed by atoms with Gasteiger partial charge in [0.05, 0.1) is 23.8 Å². The Morgan fingerprint density at radius 2 is 1.04 bits per heavy atom. The molecule has 0 bridgehead atoms. The van der Waals surface area contributed by atoms with Gasteiger partial charge < -0.3 is 14.2 Å². The molecule has 0 spiro atoms. The summed E-state index contributed by atoms with van der Waals surface area (Å²) in [4.78, 5) is 25.1. The van der Waals surface area contributed by atoms with Gasteiger partial charge in [0.2, 0.25) is 0 Å². The molecule has 5 nitrogen and oxygen atoms in total. The molecule has 0 saturated carbocycles. The molecule has 3 rings (SSSR count). The molecule has 0 saturated heterocycles. The summed E-state index contributed by atoms with van der Waals surface area (Å²) in [6, 6.07) is 21.3. The third-order valence-corrected chi connectivity index (χ3v) is 7.67. The maximum atomic E-state index is 12.6. The van der Waals surface area contributed by atoms with E-state index in [1.165, 1.54) is 64.2 Å². The van der Waals surface area contributed by atoms with Gasteiger partial charge in [0, 0.05) is 11.1 Å². The second kappa shape index (κ2) is 20.8. The summed E-state index contributed by atoms with van der Waals surface area (Å²) in [6.45, 7) is 7.07. The number of benzene rings is 3. The largest absolute Gasteiger partial charge is 0.494 e. The minimum atomic E-state index is -0.431. The molecule has 0 radical (unpaired) electrons. The van der Waals surface area contributed by atoms with Crippen molar-refractivity contribution in [2.75, 3.05) is 6.61 Å². The van der Waals surface area contributed by atoms with Crippen molar-refractivity contribution in [1.29, 1.82) is 0 Å². The third-order valence-electron chi connectivity index (χ3n) is 7.67. The Kier molecular flexibility index (Phi) is 16.4. The van der Waals surface area contributed by atoms with Crippen LogP contribution in [0.25, 0.3) is 0 Å². The Morgan fingerprint density at radius 1 is 0.578 bits per heavy atom. The second-order valence-corrected chi connectivity index (χ2v) is 11.7. The van der Waals surface area contributed by atoms with E-state index in [9.17, 15) is 9.59 Å². The van der Waals surface area contributed by atoms with Gasteiger partial charge in [-0.2, -0.15) is 0 Å².